The zero-order valence-electron chi connectivity index (χ0n) is 17.8. The number of aliphatic imine (C=N–C) groups is 1. The summed E-state index contributed by atoms with van der Waals surface area (Å²) in [6, 6.07) is 14.6. The molecule has 0 saturated heterocycles. The third-order valence-corrected chi connectivity index (χ3v) is 4.97. The highest BCUT2D eigenvalue weighted by molar-refractivity contribution is 7.78. The Bertz CT molecular complexity index is 1250. The van der Waals surface area contributed by atoms with Gasteiger partial charge in [-0.2, -0.15) is 4.99 Å². The van der Waals surface area contributed by atoms with Gasteiger partial charge in [-0.3, -0.25) is 0 Å². The van der Waals surface area contributed by atoms with E-state index in [1.54, 1.807) is 24.3 Å². The normalized spacial score (nSPS) is 11.2. The standard InChI is InChI=1S/C27H19F4NS/c1-2-3-4-18-7-11-21(12-8-18)25(30)26(31)22-13-9-19(10-14-22)5-6-20-15-23(28)27(32-17-33)24(29)16-20/h7-16H,2-4H2,1H3. The van der Waals surface area contributed by atoms with Crippen molar-refractivity contribution in [2.75, 3.05) is 0 Å². The van der Waals surface area contributed by atoms with E-state index in [0.29, 0.717) is 5.56 Å². The molecule has 0 heterocycles. The van der Waals surface area contributed by atoms with Crippen molar-refractivity contribution < 1.29 is 17.6 Å². The lowest BCUT2D eigenvalue weighted by Crippen LogP contribution is -1.88. The maximum Gasteiger partial charge on any atom is 0.166 e. The zero-order chi connectivity index (χ0) is 23.8. The minimum atomic E-state index is -0.977. The summed E-state index contributed by atoms with van der Waals surface area (Å²) in [4.78, 5) is 3.34. The molecule has 0 bridgehead atoms. The average molecular weight is 466 g/mol. The molecule has 0 saturated carbocycles. The van der Waals surface area contributed by atoms with Gasteiger partial charge in [0.1, 0.15) is 5.69 Å². The summed E-state index contributed by atoms with van der Waals surface area (Å²) in [5.74, 6) is 1.63. The molecule has 0 fully saturated rings. The third kappa shape index (κ3) is 6.26. The van der Waals surface area contributed by atoms with E-state index in [-0.39, 0.29) is 16.7 Å². The highest BCUT2D eigenvalue weighted by Gasteiger charge is 2.12. The van der Waals surface area contributed by atoms with E-state index in [9.17, 15) is 17.6 Å². The topological polar surface area (TPSA) is 12.4 Å². The maximum atomic E-state index is 14.7. The second-order valence-corrected chi connectivity index (χ2v) is 7.43. The van der Waals surface area contributed by atoms with Gasteiger partial charge in [-0.05, 0) is 54.9 Å². The molecule has 0 spiro atoms. The molecular weight excluding hydrogens is 446 g/mol. The fourth-order valence-corrected chi connectivity index (χ4v) is 3.18. The minimum Gasteiger partial charge on any atom is -0.204 e. The number of halogens is 4. The number of thiocarbonyl (C=S) groups is 1. The molecule has 33 heavy (non-hydrogen) atoms. The summed E-state index contributed by atoms with van der Waals surface area (Å²) in [7, 11) is 0. The number of hydrogen-bond donors (Lipinski definition) is 0. The molecule has 3 rings (SSSR count). The van der Waals surface area contributed by atoms with Crippen molar-refractivity contribution in [2.45, 2.75) is 26.2 Å². The first-order valence-electron chi connectivity index (χ1n) is 10.3. The summed E-state index contributed by atoms with van der Waals surface area (Å²) in [6.07, 6.45) is 3.00. The zero-order valence-corrected chi connectivity index (χ0v) is 18.6. The number of nitrogens with zero attached hydrogens (tertiary/aromatic N) is 1. The van der Waals surface area contributed by atoms with Crippen molar-refractivity contribution in [1.29, 1.82) is 0 Å². The molecule has 0 aliphatic carbocycles. The van der Waals surface area contributed by atoms with Crippen molar-refractivity contribution in [3.8, 4) is 11.8 Å². The summed E-state index contributed by atoms with van der Waals surface area (Å²) in [6.45, 7) is 2.10. The first kappa shape index (κ1) is 24.1. The molecule has 0 radical (unpaired) electrons. The van der Waals surface area contributed by atoms with Crippen LogP contribution in [0.1, 0.15) is 47.6 Å². The van der Waals surface area contributed by atoms with Crippen LogP contribution in [0.5, 0.6) is 0 Å². The van der Waals surface area contributed by atoms with Gasteiger partial charge < -0.3 is 0 Å². The Morgan fingerprint density at radius 3 is 1.85 bits per heavy atom. The van der Waals surface area contributed by atoms with Crippen LogP contribution in [-0.4, -0.2) is 5.16 Å². The predicted molar refractivity (Wildman–Crippen MR) is 128 cm³/mol. The lowest BCUT2D eigenvalue weighted by atomic mass is 10.0. The molecule has 0 N–H and O–H groups in total. The van der Waals surface area contributed by atoms with Crippen LogP contribution in [0.3, 0.4) is 0 Å². The van der Waals surface area contributed by atoms with Crippen LogP contribution in [0.2, 0.25) is 0 Å². The van der Waals surface area contributed by atoms with Gasteiger partial charge in [0.2, 0.25) is 0 Å². The molecule has 166 valence electrons. The number of rotatable bonds is 6. The molecule has 0 amide bonds. The van der Waals surface area contributed by atoms with E-state index in [1.165, 1.54) is 24.3 Å². The first-order chi connectivity index (χ1) is 15.9. The second-order valence-electron chi connectivity index (χ2n) is 7.25. The molecule has 0 aliphatic heterocycles. The molecule has 0 unspecified atom stereocenters. The number of hydrogen-bond acceptors (Lipinski definition) is 2. The van der Waals surface area contributed by atoms with Crippen LogP contribution in [0, 0.1) is 23.5 Å². The highest BCUT2D eigenvalue weighted by Crippen LogP contribution is 2.29. The van der Waals surface area contributed by atoms with Gasteiger partial charge in [0.15, 0.2) is 23.3 Å². The smallest absolute Gasteiger partial charge is 0.166 e. The van der Waals surface area contributed by atoms with Gasteiger partial charge in [0.25, 0.3) is 0 Å². The van der Waals surface area contributed by atoms with Crippen LogP contribution in [0.25, 0.3) is 11.7 Å². The van der Waals surface area contributed by atoms with Crippen LogP contribution in [-0.2, 0) is 6.42 Å². The van der Waals surface area contributed by atoms with Gasteiger partial charge in [0.05, 0.1) is 5.16 Å². The van der Waals surface area contributed by atoms with Crippen LogP contribution in [0.4, 0.5) is 23.2 Å². The molecule has 0 aromatic heterocycles. The van der Waals surface area contributed by atoms with Gasteiger partial charge in [0, 0.05) is 22.3 Å². The van der Waals surface area contributed by atoms with Crippen molar-refractivity contribution in [3.05, 3.63) is 100 Å². The SMILES string of the molecule is CCCCc1ccc(C(F)=C(F)c2ccc(C#Cc3cc(F)c(N=C=S)c(F)c3)cc2)cc1. The Morgan fingerprint density at radius 2 is 1.33 bits per heavy atom. The van der Waals surface area contributed by atoms with Gasteiger partial charge in [-0.15, -0.1) is 0 Å². The van der Waals surface area contributed by atoms with Crippen molar-refractivity contribution in [1.82, 2.24) is 0 Å². The molecule has 0 aliphatic rings. The number of benzene rings is 3. The van der Waals surface area contributed by atoms with Crippen LogP contribution in [0.15, 0.2) is 65.7 Å². The fraction of sp³-hybridized carbons (Fsp3) is 0.148. The van der Waals surface area contributed by atoms with Crippen molar-refractivity contribution in [3.63, 3.8) is 0 Å². The van der Waals surface area contributed by atoms with E-state index in [0.717, 1.165) is 37.0 Å². The molecule has 1 nitrogen and oxygen atoms in total. The third-order valence-electron chi connectivity index (χ3n) is 4.88. The average Bonchev–Trinajstić information content (AvgIpc) is 2.83. The van der Waals surface area contributed by atoms with Crippen molar-refractivity contribution in [2.24, 2.45) is 4.99 Å². The number of aryl methyl sites for hydroxylation is 1. The quantitative estimate of drug-likeness (QED) is 0.117. The Kier molecular flexibility index (Phi) is 8.32. The Balaban J connectivity index is 1.78. The van der Waals surface area contributed by atoms with Gasteiger partial charge in [-0.1, -0.05) is 61.6 Å². The Hall–Kier alpha value is -3.52. The molecule has 6 heteroatoms. The monoisotopic (exact) mass is 465 g/mol. The molecular formula is C27H19F4NS. The summed E-state index contributed by atoms with van der Waals surface area (Å²) in [5, 5.41) is 1.92. The van der Waals surface area contributed by atoms with Gasteiger partial charge in [-0.25, -0.2) is 17.6 Å². The second kappa shape index (κ2) is 11.4. The Labute approximate surface area is 195 Å². The largest absolute Gasteiger partial charge is 0.204 e. The van der Waals surface area contributed by atoms with Gasteiger partial charge >= 0.3 is 0 Å². The first-order valence-corrected chi connectivity index (χ1v) is 10.7. The predicted octanol–water partition coefficient (Wildman–Crippen LogP) is 8.21. The number of isothiocyanates is 1. The van der Waals surface area contributed by atoms with E-state index in [4.69, 9.17) is 0 Å². The van der Waals surface area contributed by atoms with Crippen LogP contribution < -0.4 is 0 Å². The minimum absolute atomic E-state index is 0.0626. The van der Waals surface area contributed by atoms with Crippen LogP contribution >= 0.6 is 12.2 Å². The summed E-state index contributed by atoms with van der Waals surface area (Å²) < 4.78 is 57.0. The highest BCUT2D eigenvalue weighted by atomic mass is 32.1. The Morgan fingerprint density at radius 1 is 0.818 bits per heavy atom. The van der Waals surface area contributed by atoms with E-state index >= 15 is 0 Å². The van der Waals surface area contributed by atoms with Crippen molar-refractivity contribution >= 4 is 34.7 Å². The maximum absolute atomic E-state index is 14.7. The summed E-state index contributed by atoms with van der Waals surface area (Å²) in [5.41, 5.74) is 1.35. The van der Waals surface area contributed by atoms with E-state index in [2.05, 4.69) is 36.0 Å². The summed E-state index contributed by atoms with van der Waals surface area (Å²) >= 11 is 4.36. The van der Waals surface area contributed by atoms with E-state index in [1.807, 2.05) is 5.16 Å². The number of unbranched alkanes of at least 4 members (excludes halogenated alkanes) is 1. The fourth-order valence-electron chi connectivity index (χ4n) is 3.09. The molecule has 3 aromatic carbocycles. The lowest BCUT2D eigenvalue weighted by Gasteiger charge is -2.05. The van der Waals surface area contributed by atoms with E-state index < -0.39 is 29.0 Å². The lowest BCUT2D eigenvalue weighted by molar-refractivity contribution is 0.587. The molecule has 0 atom stereocenters. The molecule has 3 aromatic rings.